The van der Waals surface area contributed by atoms with Crippen molar-refractivity contribution in [1.82, 2.24) is 0 Å². The summed E-state index contributed by atoms with van der Waals surface area (Å²) in [5, 5.41) is 3.01. The van der Waals surface area contributed by atoms with Crippen molar-refractivity contribution >= 4 is 0 Å². The number of rotatable bonds is 12. The number of hydrogen-bond acceptors (Lipinski definition) is 3. The van der Waals surface area contributed by atoms with Gasteiger partial charge in [-0.1, -0.05) is 64.5 Å². The Balaban J connectivity index is 3.28. The van der Waals surface area contributed by atoms with E-state index in [9.17, 15) is 4.91 Å². The molecule has 0 amide bonds. The Morgan fingerprint density at radius 1 is 1.06 bits per heavy atom. The van der Waals surface area contributed by atoms with Crippen LogP contribution in [0.5, 0.6) is 0 Å². The van der Waals surface area contributed by atoms with Crippen LogP contribution in [0.4, 0.5) is 0 Å². The number of nitrogens with two attached hydrogens (primary N) is 1. The Morgan fingerprint density at radius 2 is 1.61 bits per heavy atom. The maximum atomic E-state index is 10.2. The van der Waals surface area contributed by atoms with E-state index >= 15 is 0 Å². The summed E-state index contributed by atoms with van der Waals surface area (Å²) in [6, 6.07) is 0.404. The highest BCUT2D eigenvalue weighted by Gasteiger charge is 2.17. The molecule has 108 valence electrons. The highest BCUT2D eigenvalue weighted by atomic mass is 16.3. The lowest BCUT2D eigenvalue weighted by Crippen LogP contribution is -2.17. The first kappa shape index (κ1) is 17.6. The number of nitrogens with zero attached hydrogens (tertiary/aromatic N) is 1. The van der Waals surface area contributed by atoms with Crippen molar-refractivity contribution in [3.63, 3.8) is 0 Å². The Kier molecular flexibility index (Phi) is 10.2. The summed E-state index contributed by atoms with van der Waals surface area (Å²) >= 11 is 0. The van der Waals surface area contributed by atoms with E-state index in [2.05, 4.69) is 25.9 Å². The van der Waals surface area contributed by atoms with Crippen LogP contribution in [-0.4, -0.2) is 12.6 Å². The molecule has 0 aromatic heterocycles. The first-order chi connectivity index (χ1) is 8.52. The van der Waals surface area contributed by atoms with E-state index in [1.165, 1.54) is 44.9 Å². The van der Waals surface area contributed by atoms with Crippen LogP contribution in [0.1, 0.15) is 78.6 Å². The minimum absolute atomic E-state index is 0.0929. The van der Waals surface area contributed by atoms with Gasteiger partial charge in [0.1, 0.15) is 0 Å². The Morgan fingerprint density at radius 3 is 2.17 bits per heavy atom. The lowest BCUT2D eigenvalue weighted by atomic mass is 9.87. The molecule has 0 aromatic rings. The van der Waals surface area contributed by atoms with Gasteiger partial charge in [-0.2, -0.15) is 4.91 Å². The molecule has 0 saturated carbocycles. The fourth-order valence-electron chi connectivity index (χ4n) is 2.18. The first-order valence-corrected chi connectivity index (χ1v) is 7.56. The third-order valence-electron chi connectivity index (χ3n) is 3.70. The standard InChI is InChI=1S/C15H32N2O/c1-4-14(16)11-9-7-5-6-8-10-12-15(2,3)13-17-18/h14H,4-13,16H2,1-3H3. The zero-order valence-electron chi connectivity index (χ0n) is 12.6. The molecule has 1 unspecified atom stereocenters. The molecule has 3 heteroatoms. The average Bonchev–Trinajstić information content (AvgIpc) is 2.32. The summed E-state index contributed by atoms with van der Waals surface area (Å²) in [5.74, 6) is 0. The summed E-state index contributed by atoms with van der Waals surface area (Å²) in [6.07, 6.45) is 11.1. The van der Waals surface area contributed by atoms with Gasteiger partial charge < -0.3 is 5.73 Å². The number of nitroso groups, excluding NO2 is 1. The van der Waals surface area contributed by atoms with E-state index in [-0.39, 0.29) is 5.41 Å². The summed E-state index contributed by atoms with van der Waals surface area (Å²) in [4.78, 5) is 10.2. The maximum absolute atomic E-state index is 10.2. The van der Waals surface area contributed by atoms with Crippen LogP contribution in [0.15, 0.2) is 5.18 Å². The van der Waals surface area contributed by atoms with E-state index in [1.807, 2.05) is 0 Å². The molecular weight excluding hydrogens is 224 g/mol. The molecule has 2 N–H and O–H groups in total. The molecule has 3 nitrogen and oxygen atoms in total. The SMILES string of the molecule is CCC(N)CCCCCCCCC(C)(C)CN=O. The summed E-state index contributed by atoms with van der Waals surface area (Å²) < 4.78 is 0. The summed E-state index contributed by atoms with van der Waals surface area (Å²) in [7, 11) is 0. The molecular formula is C15H32N2O. The van der Waals surface area contributed by atoms with Crippen LogP contribution in [0.3, 0.4) is 0 Å². The van der Waals surface area contributed by atoms with Gasteiger partial charge in [-0.3, -0.25) is 0 Å². The van der Waals surface area contributed by atoms with Gasteiger partial charge in [0, 0.05) is 6.04 Å². The van der Waals surface area contributed by atoms with Gasteiger partial charge in [-0.15, -0.1) is 0 Å². The normalized spacial score (nSPS) is 13.6. The maximum Gasteiger partial charge on any atom is 0.0862 e. The minimum Gasteiger partial charge on any atom is -0.328 e. The van der Waals surface area contributed by atoms with Gasteiger partial charge in [-0.25, -0.2) is 0 Å². The van der Waals surface area contributed by atoms with E-state index in [4.69, 9.17) is 5.73 Å². The van der Waals surface area contributed by atoms with Crippen LogP contribution in [0.25, 0.3) is 0 Å². The van der Waals surface area contributed by atoms with Gasteiger partial charge in [-0.05, 0) is 24.7 Å². The fraction of sp³-hybridized carbons (Fsp3) is 1.00. The van der Waals surface area contributed by atoms with E-state index in [0.717, 1.165) is 12.8 Å². The monoisotopic (exact) mass is 256 g/mol. The van der Waals surface area contributed by atoms with Gasteiger partial charge >= 0.3 is 0 Å². The molecule has 0 heterocycles. The minimum atomic E-state index is 0.0929. The predicted molar refractivity (Wildman–Crippen MR) is 79.6 cm³/mol. The van der Waals surface area contributed by atoms with Crippen molar-refractivity contribution in [3.8, 4) is 0 Å². The Bertz CT molecular complexity index is 205. The molecule has 0 aliphatic rings. The number of hydrogen-bond donors (Lipinski definition) is 1. The molecule has 0 saturated heterocycles. The first-order valence-electron chi connectivity index (χ1n) is 7.56. The van der Waals surface area contributed by atoms with Crippen molar-refractivity contribution in [1.29, 1.82) is 0 Å². The third-order valence-corrected chi connectivity index (χ3v) is 3.70. The summed E-state index contributed by atoms with van der Waals surface area (Å²) in [6.45, 7) is 6.85. The molecule has 18 heavy (non-hydrogen) atoms. The van der Waals surface area contributed by atoms with Crippen LogP contribution in [0, 0.1) is 10.3 Å². The van der Waals surface area contributed by atoms with Gasteiger partial charge in [0.2, 0.25) is 0 Å². The van der Waals surface area contributed by atoms with Crippen LogP contribution in [0.2, 0.25) is 0 Å². The molecule has 0 aliphatic carbocycles. The molecule has 0 aromatic carbocycles. The number of unbranched alkanes of at least 4 members (excludes halogenated alkanes) is 5. The lowest BCUT2D eigenvalue weighted by molar-refractivity contribution is 0.330. The third kappa shape index (κ3) is 10.7. The van der Waals surface area contributed by atoms with Gasteiger partial charge in [0.05, 0.1) is 6.54 Å². The molecule has 0 bridgehead atoms. The van der Waals surface area contributed by atoms with Crippen LogP contribution in [-0.2, 0) is 0 Å². The van der Waals surface area contributed by atoms with Crippen molar-refractivity contribution < 1.29 is 0 Å². The largest absolute Gasteiger partial charge is 0.328 e. The zero-order chi connectivity index (χ0) is 13.9. The van der Waals surface area contributed by atoms with E-state index in [0.29, 0.717) is 12.6 Å². The molecule has 0 aliphatic heterocycles. The van der Waals surface area contributed by atoms with Crippen molar-refractivity contribution in [2.45, 2.75) is 84.6 Å². The topological polar surface area (TPSA) is 55.4 Å². The summed E-state index contributed by atoms with van der Waals surface area (Å²) in [5.41, 5.74) is 5.97. The van der Waals surface area contributed by atoms with Crippen molar-refractivity contribution in [3.05, 3.63) is 4.91 Å². The quantitative estimate of drug-likeness (QED) is 0.408. The molecule has 0 fully saturated rings. The smallest absolute Gasteiger partial charge is 0.0862 e. The van der Waals surface area contributed by atoms with Gasteiger partial charge in [0.25, 0.3) is 0 Å². The van der Waals surface area contributed by atoms with Crippen LogP contribution >= 0.6 is 0 Å². The zero-order valence-corrected chi connectivity index (χ0v) is 12.6. The fourth-order valence-corrected chi connectivity index (χ4v) is 2.18. The molecule has 0 radical (unpaired) electrons. The second-order valence-corrected chi connectivity index (χ2v) is 6.28. The van der Waals surface area contributed by atoms with Crippen molar-refractivity contribution in [2.24, 2.45) is 16.3 Å². The molecule has 1 atom stereocenters. The second kappa shape index (κ2) is 10.5. The second-order valence-electron chi connectivity index (χ2n) is 6.28. The molecule has 0 spiro atoms. The highest BCUT2D eigenvalue weighted by molar-refractivity contribution is 4.70. The average molecular weight is 256 g/mol. The predicted octanol–water partition coefficient (Wildman–Crippen LogP) is 4.64. The van der Waals surface area contributed by atoms with Crippen LogP contribution < -0.4 is 5.73 Å². The van der Waals surface area contributed by atoms with Gasteiger partial charge in [0.15, 0.2) is 0 Å². The van der Waals surface area contributed by atoms with E-state index in [1.54, 1.807) is 0 Å². The lowest BCUT2D eigenvalue weighted by Gasteiger charge is -2.20. The van der Waals surface area contributed by atoms with E-state index < -0.39 is 0 Å². The highest BCUT2D eigenvalue weighted by Crippen LogP contribution is 2.24. The Labute approximate surface area is 113 Å². The Hall–Kier alpha value is -0.440. The van der Waals surface area contributed by atoms with Crippen molar-refractivity contribution in [2.75, 3.05) is 6.54 Å². The molecule has 0 rings (SSSR count).